The van der Waals surface area contributed by atoms with E-state index in [1.165, 1.54) is 25.9 Å². The number of nitrogens with two attached hydrogens (primary N) is 1. The first-order valence-electron chi connectivity index (χ1n) is 7.25. The van der Waals surface area contributed by atoms with Gasteiger partial charge in [0.15, 0.2) is 0 Å². The molecule has 2 unspecified atom stereocenters. The Morgan fingerprint density at radius 3 is 2.68 bits per heavy atom. The van der Waals surface area contributed by atoms with Gasteiger partial charge in [0, 0.05) is 12.6 Å². The van der Waals surface area contributed by atoms with E-state index < -0.39 is 0 Å². The monoisotopic (exact) mass is 265 g/mol. The Hall–Kier alpha value is -0.840. The van der Waals surface area contributed by atoms with Gasteiger partial charge in [-0.3, -0.25) is 4.90 Å². The summed E-state index contributed by atoms with van der Waals surface area (Å²) in [6, 6.07) is 4.21. The topological polar surface area (TPSA) is 45.6 Å². The Balaban J connectivity index is 1.94. The summed E-state index contributed by atoms with van der Waals surface area (Å²) in [5, 5.41) is 0. The minimum absolute atomic E-state index is 0.0717. The molecule has 0 radical (unpaired) electrons. The molecule has 1 aromatic rings. The zero-order valence-corrected chi connectivity index (χ0v) is 12.4. The van der Waals surface area contributed by atoms with Crippen LogP contribution < -0.4 is 5.73 Å². The summed E-state index contributed by atoms with van der Waals surface area (Å²) in [5.41, 5.74) is 6.15. The number of nitrogens with zero attached hydrogens (tertiary/aromatic N) is 2. The average Bonchev–Trinajstić information content (AvgIpc) is 2.85. The third kappa shape index (κ3) is 3.81. The molecule has 19 heavy (non-hydrogen) atoms. The molecule has 1 aromatic heterocycles. The van der Waals surface area contributed by atoms with Crippen LogP contribution in [0.3, 0.4) is 0 Å². The number of hydrogen-bond acceptors (Lipinski definition) is 4. The van der Waals surface area contributed by atoms with Crippen LogP contribution in [0.4, 0.5) is 0 Å². The lowest BCUT2D eigenvalue weighted by Gasteiger charge is -2.35. The molecule has 4 heteroatoms. The second-order valence-corrected chi connectivity index (χ2v) is 6.01. The largest absolute Gasteiger partial charge is 0.468 e. The number of piperidine rings is 1. The van der Waals surface area contributed by atoms with Gasteiger partial charge in [-0.2, -0.15) is 0 Å². The Kier molecular flexibility index (Phi) is 5.02. The molecule has 0 amide bonds. The molecule has 4 nitrogen and oxygen atoms in total. The second kappa shape index (κ2) is 6.55. The Labute approximate surface area is 116 Å². The quantitative estimate of drug-likeness (QED) is 0.884. The van der Waals surface area contributed by atoms with Gasteiger partial charge in [0.05, 0.1) is 12.3 Å². The fourth-order valence-electron chi connectivity index (χ4n) is 3.10. The van der Waals surface area contributed by atoms with E-state index in [1.807, 2.05) is 12.1 Å². The van der Waals surface area contributed by atoms with Crippen LogP contribution in [0.5, 0.6) is 0 Å². The summed E-state index contributed by atoms with van der Waals surface area (Å²) >= 11 is 0. The fourth-order valence-corrected chi connectivity index (χ4v) is 3.10. The van der Waals surface area contributed by atoms with Crippen molar-refractivity contribution in [3.05, 3.63) is 24.2 Å². The maximum atomic E-state index is 6.15. The summed E-state index contributed by atoms with van der Waals surface area (Å²) < 4.78 is 5.55. The molecule has 0 aliphatic carbocycles. The van der Waals surface area contributed by atoms with Gasteiger partial charge in [-0.25, -0.2) is 0 Å². The summed E-state index contributed by atoms with van der Waals surface area (Å²) in [7, 11) is 4.36. The van der Waals surface area contributed by atoms with Crippen LogP contribution in [0, 0.1) is 5.92 Å². The second-order valence-electron chi connectivity index (χ2n) is 6.01. The van der Waals surface area contributed by atoms with Crippen LogP contribution in [0.1, 0.15) is 31.6 Å². The van der Waals surface area contributed by atoms with Crippen molar-refractivity contribution in [3.63, 3.8) is 0 Å². The van der Waals surface area contributed by atoms with Crippen LogP contribution in [-0.4, -0.2) is 49.6 Å². The molecule has 1 fully saturated rings. The molecule has 0 saturated carbocycles. The first kappa shape index (κ1) is 14.6. The normalized spacial score (nSPS) is 21.7. The highest BCUT2D eigenvalue weighted by Gasteiger charge is 2.26. The van der Waals surface area contributed by atoms with E-state index in [0.717, 1.165) is 18.2 Å². The van der Waals surface area contributed by atoms with Crippen molar-refractivity contribution >= 4 is 0 Å². The predicted molar refractivity (Wildman–Crippen MR) is 77.9 cm³/mol. The highest BCUT2D eigenvalue weighted by atomic mass is 16.3. The maximum Gasteiger partial charge on any atom is 0.122 e. The van der Waals surface area contributed by atoms with Crippen LogP contribution in [0.25, 0.3) is 0 Å². The molecule has 1 saturated heterocycles. The average molecular weight is 265 g/mol. The molecule has 1 aliphatic heterocycles. The molecule has 2 rings (SSSR count). The van der Waals surface area contributed by atoms with Gasteiger partial charge in [0.25, 0.3) is 0 Å². The molecule has 0 aromatic carbocycles. The number of hydrogen-bond donors (Lipinski definition) is 1. The molecule has 1 aliphatic rings. The van der Waals surface area contributed by atoms with Crippen molar-refractivity contribution in [2.24, 2.45) is 11.7 Å². The lowest BCUT2D eigenvalue weighted by Crippen LogP contribution is -2.41. The van der Waals surface area contributed by atoms with E-state index in [9.17, 15) is 0 Å². The standard InChI is InChI=1S/C15H27N3O/c1-12(16)15(14-5-4-10-19-14)18(3)11-13-6-8-17(2)9-7-13/h4-5,10,12-13,15H,6-9,11,16H2,1-3H3. The summed E-state index contributed by atoms with van der Waals surface area (Å²) in [6.07, 6.45) is 4.30. The SMILES string of the molecule is CC(N)C(c1ccco1)N(C)CC1CCN(C)CC1. The van der Waals surface area contributed by atoms with Gasteiger partial charge in [-0.05, 0) is 65.0 Å². The van der Waals surface area contributed by atoms with Crippen molar-refractivity contribution in [1.29, 1.82) is 0 Å². The van der Waals surface area contributed by atoms with E-state index in [2.05, 4.69) is 30.8 Å². The molecular weight excluding hydrogens is 238 g/mol. The third-order valence-electron chi connectivity index (χ3n) is 4.19. The molecule has 108 valence electrons. The van der Waals surface area contributed by atoms with Gasteiger partial charge in [-0.15, -0.1) is 0 Å². The highest BCUT2D eigenvalue weighted by molar-refractivity contribution is 5.07. The zero-order chi connectivity index (χ0) is 13.8. The summed E-state index contributed by atoms with van der Waals surface area (Å²) in [4.78, 5) is 4.77. The van der Waals surface area contributed by atoms with E-state index in [-0.39, 0.29) is 12.1 Å². The highest BCUT2D eigenvalue weighted by Crippen LogP contribution is 2.26. The number of likely N-dealkylation sites (N-methyl/N-ethyl adjacent to an activating group) is 1. The third-order valence-corrected chi connectivity index (χ3v) is 4.19. The van der Waals surface area contributed by atoms with Gasteiger partial charge >= 0.3 is 0 Å². The van der Waals surface area contributed by atoms with Crippen molar-refractivity contribution in [2.75, 3.05) is 33.7 Å². The minimum Gasteiger partial charge on any atom is -0.468 e. The first-order chi connectivity index (χ1) is 9.08. The van der Waals surface area contributed by atoms with Crippen LogP contribution in [-0.2, 0) is 0 Å². The van der Waals surface area contributed by atoms with E-state index in [0.29, 0.717) is 0 Å². The number of furan rings is 1. The van der Waals surface area contributed by atoms with Crippen LogP contribution in [0.15, 0.2) is 22.8 Å². The maximum absolute atomic E-state index is 6.15. The molecular formula is C15H27N3O. The van der Waals surface area contributed by atoms with Gasteiger partial charge in [0.1, 0.15) is 5.76 Å². The molecule has 2 atom stereocenters. The Morgan fingerprint density at radius 1 is 1.47 bits per heavy atom. The summed E-state index contributed by atoms with van der Waals surface area (Å²) in [6.45, 7) is 5.57. The Bertz CT molecular complexity index is 355. The van der Waals surface area contributed by atoms with Crippen LogP contribution in [0.2, 0.25) is 0 Å². The zero-order valence-electron chi connectivity index (χ0n) is 12.4. The van der Waals surface area contributed by atoms with Crippen molar-refractivity contribution in [1.82, 2.24) is 9.80 Å². The Morgan fingerprint density at radius 2 is 2.16 bits per heavy atom. The molecule has 2 heterocycles. The van der Waals surface area contributed by atoms with E-state index in [4.69, 9.17) is 10.2 Å². The lowest BCUT2D eigenvalue weighted by atomic mass is 9.95. The van der Waals surface area contributed by atoms with E-state index >= 15 is 0 Å². The first-order valence-corrected chi connectivity index (χ1v) is 7.25. The smallest absolute Gasteiger partial charge is 0.122 e. The minimum atomic E-state index is 0.0717. The van der Waals surface area contributed by atoms with Crippen LogP contribution >= 0.6 is 0 Å². The van der Waals surface area contributed by atoms with Crippen molar-refractivity contribution in [3.8, 4) is 0 Å². The number of rotatable bonds is 5. The van der Waals surface area contributed by atoms with Gasteiger partial charge in [-0.1, -0.05) is 0 Å². The van der Waals surface area contributed by atoms with Gasteiger partial charge < -0.3 is 15.1 Å². The molecule has 0 spiro atoms. The van der Waals surface area contributed by atoms with Gasteiger partial charge in [0.2, 0.25) is 0 Å². The summed E-state index contributed by atoms with van der Waals surface area (Å²) in [5.74, 6) is 1.75. The van der Waals surface area contributed by atoms with Crippen molar-refractivity contribution in [2.45, 2.75) is 31.8 Å². The van der Waals surface area contributed by atoms with Crippen molar-refractivity contribution < 1.29 is 4.42 Å². The predicted octanol–water partition coefficient (Wildman–Crippen LogP) is 1.94. The van der Waals surface area contributed by atoms with E-state index in [1.54, 1.807) is 6.26 Å². The lowest BCUT2D eigenvalue weighted by molar-refractivity contribution is 0.129. The number of likely N-dealkylation sites (tertiary alicyclic amines) is 1. The molecule has 0 bridgehead atoms. The fraction of sp³-hybridized carbons (Fsp3) is 0.733. The molecule has 2 N–H and O–H groups in total.